The van der Waals surface area contributed by atoms with E-state index in [1.54, 1.807) is 13.0 Å². The summed E-state index contributed by atoms with van der Waals surface area (Å²) in [4.78, 5) is 0.268. The minimum absolute atomic E-state index is 0.171. The average molecular weight is 312 g/mol. The van der Waals surface area contributed by atoms with E-state index in [1.165, 1.54) is 6.07 Å². The second kappa shape index (κ2) is 6.77. The fourth-order valence-electron chi connectivity index (χ4n) is 2.60. The number of sulfonamides is 1. The number of nitrogen functional groups attached to an aromatic ring is 1. The van der Waals surface area contributed by atoms with E-state index >= 15 is 0 Å². The van der Waals surface area contributed by atoms with Gasteiger partial charge in [0.2, 0.25) is 10.0 Å². The first-order valence-corrected chi connectivity index (χ1v) is 8.86. The molecule has 5 nitrogen and oxygen atoms in total. The number of nitrogens with one attached hydrogen (secondary N) is 1. The van der Waals surface area contributed by atoms with Crippen molar-refractivity contribution in [1.82, 2.24) is 4.72 Å². The van der Waals surface area contributed by atoms with Crippen LogP contribution < -0.4 is 10.5 Å². The smallest absolute Gasteiger partial charge is 0.240 e. The van der Waals surface area contributed by atoms with Gasteiger partial charge >= 0.3 is 0 Å². The lowest BCUT2D eigenvalue weighted by molar-refractivity contribution is 0.0123. The van der Waals surface area contributed by atoms with Gasteiger partial charge in [0.1, 0.15) is 0 Å². The first-order valence-electron chi connectivity index (χ1n) is 7.38. The van der Waals surface area contributed by atoms with Gasteiger partial charge in [-0.25, -0.2) is 13.1 Å². The van der Waals surface area contributed by atoms with Crippen LogP contribution in [0.2, 0.25) is 0 Å². The van der Waals surface area contributed by atoms with E-state index in [0.717, 1.165) is 37.0 Å². The molecule has 0 spiro atoms. The van der Waals surface area contributed by atoms with E-state index in [1.807, 2.05) is 6.92 Å². The Balaban J connectivity index is 2.01. The lowest BCUT2D eigenvalue weighted by Gasteiger charge is -2.22. The highest BCUT2D eigenvalue weighted by molar-refractivity contribution is 7.89. The van der Waals surface area contributed by atoms with Crippen LogP contribution in [-0.2, 0) is 14.8 Å². The van der Waals surface area contributed by atoms with E-state index in [9.17, 15) is 8.42 Å². The lowest BCUT2D eigenvalue weighted by atomic mass is 10.1. The van der Waals surface area contributed by atoms with E-state index in [0.29, 0.717) is 18.7 Å². The Morgan fingerprint density at radius 1 is 1.33 bits per heavy atom. The van der Waals surface area contributed by atoms with Crippen molar-refractivity contribution in [3.05, 3.63) is 23.3 Å². The molecule has 0 radical (unpaired) electrons. The normalized spacial score (nSPS) is 19.6. The van der Waals surface area contributed by atoms with Crippen LogP contribution in [0.3, 0.4) is 0 Å². The standard InChI is InChI=1S/C15H24N2O3S/c1-11-9-13(16)10-15(12(11)2)21(18,19)17-7-6-14-5-3-4-8-20-14/h9-10,14,17H,3-8,16H2,1-2H3. The van der Waals surface area contributed by atoms with Gasteiger partial charge in [-0.3, -0.25) is 0 Å². The number of nitrogens with two attached hydrogens (primary N) is 1. The largest absolute Gasteiger partial charge is 0.399 e. The number of rotatable bonds is 5. The predicted molar refractivity (Wildman–Crippen MR) is 83.7 cm³/mol. The van der Waals surface area contributed by atoms with Gasteiger partial charge in [-0.1, -0.05) is 0 Å². The van der Waals surface area contributed by atoms with E-state index < -0.39 is 10.0 Å². The molecule has 0 aromatic heterocycles. The second-order valence-electron chi connectivity index (χ2n) is 5.64. The van der Waals surface area contributed by atoms with Crippen LogP contribution in [-0.4, -0.2) is 27.7 Å². The van der Waals surface area contributed by atoms with Crippen LogP contribution in [0.4, 0.5) is 5.69 Å². The molecule has 1 aliphatic rings. The molecule has 0 aliphatic carbocycles. The molecule has 2 rings (SSSR count). The highest BCUT2D eigenvalue weighted by Gasteiger charge is 2.20. The molecule has 1 aromatic carbocycles. The highest BCUT2D eigenvalue weighted by atomic mass is 32.2. The van der Waals surface area contributed by atoms with Crippen LogP contribution in [0.25, 0.3) is 0 Å². The number of benzene rings is 1. The van der Waals surface area contributed by atoms with Gasteiger partial charge in [-0.2, -0.15) is 0 Å². The van der Waals surface area contributed by atoms with Gasteiger partial charge in [0.15, 0.2) is 0 Å². The summed E-state index contributed by atoms with van der Waals surface area (Å²) in [6.07, 6.45) is 4.15. The molecule has 6 heteroatoms. The fraction of sp³-hybridized carbons (Fsp3) is 0.600. The van der Waals surface area contributed by atoms with Crippen molar-refractivity contribution in [1.29, 1.82) is 0 Å². The van der Waals surface area contributed by atoms with Gasteiger partial charge in [0.05, 0.1) is 11.0 Å². The molecule has 1 saturated heterocycles. The Labute approximate surface area is 126 Å². The number of hydrogen-bond acceptors (Lipinski definition) is 4. The number of ether oxygens (including phenoxy) is 1. The molecule has 1 atom stereocenters. The van der Waals surface area contributed by atoms with Crippen LogP contribution in [0.1, 0.15) is 36.8 Å². The molecular formula is C15H24N2O3S. The highest BCUT2D eigenvalue weighted by Crippen LogP contribution is 2.22. The van der Waals surface area contributed by atoms with Gasteiger partial charge in [-0.05, 0) is 62.8 Å². The molecule has 1 heterocycles. The van der Waals surface area contributed by atoms with E-state index in [4.69, 9.17) is 10.5 Å². The number of hydrogen-bond donors (Lipinski definition) is 2. The maximum atomic E-state index is 12.4. The molecular weight excluding hydrogens is 288 g/mol. The van der Waals surface area contributed by atoms with Crippen LogP contribution in [0, 0.1) is 13.8 Å². The molecule has 1 aromatic rings. The Hall–Kier alpha value is -1.11. The molecule has 118 valence electrons. The zero-order valence-corrected chi connectivity index (χ0v) is 13.5. The minimum atomic E-state index is -3.52. The minimum Gasteiger partial charge on any atom is -0.399 e. The quantitative estimate of drug-likeness (QED) is 0.816. The van der Waals surface area contributed by atoms with Gasteiger partial charge in [-0.15, -0.1) is 0 Å². The number of aryl methyl sites for hydroxylation is 1. The summed E-state index contributed by atoms with van der Waals surface area (Å²) < 4.78 is 33.0. The maximum Gasteiger partial charge on any atom is 0.240 e. The second-order valence-corrected chi connectivity index (χ2v) is 7.37. The molecule has 21 heavy (non-hydrogen) atoms. The molecule has 1 unspecified atom stereocenters. The Bertz CT molecular complexity index is 593. The molecule has 0 amide bonds. The topological polar surface area (TPSA) is 81.4 Å². The van der Waals surface area contributed by atoms with Crippen molar-refractivity contribution in [2.24, 2.45) is 0 Å². The fourth-order valence-corrected chi connectivity index (χ4v) is 4.00. The molecule has 0 saturated carbocycles. The van der Waals surface area contributed by atoms with Crippen molar-refractivity contribution in [2.75, 3.05) is 18.9 Å². The zero-order chi connectivity index (χ0) is 15.5. The number of anilines is 1. The Morgan fingerprint density at radius 3 is 2.76 bits per heavy atom. The predicted octanol–water partition coefficient (Wildman–Crippen LogP) is 2.12. The van der Waals surface area contributed by atoms with Crippen molar-refractivity contribution >= 4 is 15.7 Å². The van der Waals surface area contributed by atoms with Crippen molar-refractivity contribution in [3.8, 4) is 0 Å². The summed E-state index contributed by atoms with van der Waals surface area (Å²) >= 11 is 0. The lowest BCUT2D eigenvalue weighted by Crippen LogP contribution is -2.30. The summed E-state index contributed by atoms with van der Waals surface area (Å²) in [6, 6.07) is 3.30. The summed E-state index contributed by atoms with van der Waals surface area (Å²) in [5.74, 6) is 0. The molecule has 1 aliphatic heterocycles. The molecule has 3 N–H and O–H groups in total. The summed E-state index contributed by atoms with van der Waals surface area (Å²) in [6.45, 7) is 4.83. The Morgan fingerprint density at radius 2 is 2.10 bits per heavy atom. The monoisotopic (exact) mass is 312 g/mol. The first-order chi connectivity index (χ1) is 9.90. The first kappa shape index (κ1) is 16.3. The zero-order valence-electron chi connectivity index (χ0n) is 12.7. The van der Waals surface area contributed by atoms with E-state index in [2.05, 4.69) is 4.72 Å². The summed E-state index contributed by atoms with van der Waals surface area (Å²) in [7, 11) is -3.52. The molecule has 1 fully saturated rings. The summed E-state index contributed by atoms with van der Waals surface area (Å²) in [5, 5.41) is 0. The van der Waals surface area contributed by atoms with Crippen LogP contribution in [0.5, 0.6) is 0 Å². The van der Waals surface area contributed by atoms with Crippen LogP contribution >= 0.6 is 0 Å². The maximum absolute atomic E-state index is 12.4. The van der Waals surface area contributed by atoms with E-state index in [-0.39, 0.29) is 11.0 Å². The SMILES string of the molecule is Cc1cc(N)cc(S(=O)(=O)NCCC2CCCCO2)c1C. The summed E-state index contributed by atoms with van der Waals surface area (Å²) in [5.41, 5.74) is 7.85. The Kier molecular flexibility index (Phi) is 5.24. The third-order valence-electron chi connectivity index (χ3n) is 3.96. The average Bonchev–Trinajstić information content (AvgIpc) is 2.43. The van der Waals surface area contributed by atoms with Crippen molar-refractivity contribution < 1.29 is 13.2 Å². The van der Waals surface area contributed by atoms with Crippen molar-refractivity contribution in [2.45, 2.75) is 50.5 Å². The van der Waals surface area contributed by atoms with Crippen molar-refractivity contribution in [3.63, 3.8) is 0 Å². The third kappa shape index (κ3) is 4.18. The van der Waals surface area contributed by atoms with Gasteiger partial charge in [0.25, 0.3) is 0 Å². The third-order valence-corrected chi connectivity index (χ3v) is 5.55. The molecule has 0 bridgehead atoms. The van der Waals surface area contributed by atoms with Crippen LogP contribution in [0.15, 0.2) is 17.0 Å². The van der Waals surface area contributed by atoms with Gasteiger partial charge in [0, 0.05) is 18.8 Å². The van der Waals surface area contributed by atoms with Gasteiger partial charge < -0.3 is 10.5 Å².